The van der Waals surface area contributed by atoms with Crippen LogP contribution in [-0.2, 0) is 9.68 Å². The van der Waals surface area contributed by atoms with Crippen molar-refractivity contribution in [2.24, 2.45) is 5.73 Å². The Morgan fingerprint density at radius 2 is 1.48 bits per heavy atom. The van der Waals surface area contributed by atoms with Crippen LogP contribution in [0.2, 0.25) is 0 Å². The van der Waals surface area contributed by atoms with E-state index in [0.29, 0.717) is 18.5 Å². The zero-order valence-electron chi connectivity index (χ0n) is 14.3. The predicted octanol–water partition coefficient (Wildman–Crippen LogP) is 2.65. The van der Waals surface area contributed by atoms with E-state index in [-0.39, 0.29) is 17.9 Å². The summed E-state index contributed by atoms with van der Waals surface area (Å²) in [4.78, 5) is 37.7. The second-order valence-electron chi connectivity index (χ2n) is 5.85. The Morgan fingerprint density at radius 1 is 0.920 bits per heavy atom. The molecule has 0 unspecified atom stereocenters. The lowest BCUT2D eigenvalue weighted by Crippen LogP contribution is -2.27. The number of hydrogen-bond acceptors (Lipinski definition) is 5. The van der Waals surface area contributed by atoms with Gasteiger partial charge in [0.2, 0.25) is 5.91 Å². The molecule has 1 rings (SSSR count). The Morgan fingerprint density at radius 3 is 2.08 bits per heavy atom. The molecule has 0 saturated heterocycles. The van der Waals surface area contributed by atoms with E-state index < -0.39 is 11.9 Å². The quantitative estimate of drug-likeness (QED) is 0.304. The molecule has 1 aromatic rings. The van der Waals surface area contributed by atoms with Gasteiger partial charge in [0, 0.05) is 13.0 Å². The number of nitrogens with two attached hydrogens (primary N) is 1. The Hall–Kier alpha value is -2.41. The van der Waals surface area contributed by atoms with Gasteiger partial charge < -0.3 is 15.9 Å². The maximum Gasteiger partial charge on any atom is 0.342 e. The van der Waals surface area contributed by atoms with Crippen LogP contribution in [0.4, 0.5) is 0 Å². The highest BCUT2D eigenvalue weighted by Gasteiger charge is 2.13. The molecule has 2 amide bonds. The first-order valence-corrected chi connectivity index (χ1v) is 8.57. The van der Waals surface area contributed by atoms with E-state index >= 15 is 0 Å². The van der Waals surface area contributed by atoms with E-state index in [1.807, 2.05) is 0 Å². The van der Waals surface area contributed by atoms with Crippen molar-refractivity contribution in [3.05, 3.63) is 35.4 Å². The number of carbonyl (C=O) groups is 3. The average molecular weight is 350 g/mol. The summed E-state index contributed by atoms with van der Waals surface area (Å²) >= 11 is 0. The third kappa shape index (κ3) is 8.30. The summed E-state index contributed by atoms with van der Waals surface area (Å²) in [7, 11) is 0. The van der Waals surface area contributed by atoms with Crippen LogP contribution in [-0.4, -0.2) is 29.6 Å². The van der Waals surface area contributed by atoms with Crippen molar-refractivity contribution in [3.8, 4) is 0 Å². The summed E-state index contributed by atoms with van der Waals surface area (Å²) in [5.74, 6) is -1.49. The van der Waals surface area contributed by atoms with Crippen LogP contribution in [0.3, 0.4) is 0 Å². The highest BCUT2D eigenvalue weighted by Crippen LogP contribution is 2.10. The Bertz CT molecular complexity index is 574. The van der Waals surface area contributed by atoms with E-state index in [1.165, 1.54) is 6.07 Å². The molecule has 0 atom stereocenters. The Kier molecular flexibility index (Phi) is 9.92. The normalized spacial score (nSPS) is 10.3. The van der Waals surface area contributed by atoms with Gasteiger partial charge in [-0.3, -0.25) is 9.59 Å². The highest BCUT2D eigenvalue weighted by atomic mass is 17.1. The van der Waals surface area contributed by atoms with Gasteiger partial charge in [0.25, 0.3) is 5.91 Å². The molecule has 0 spiro atoms. The molecule has 0 fully saturated rings. The van der Waals surface area contributed by atoms with Gasteiger partial charge in [-0.1, -0.05) is 44.2 Å². The maximum absolute atomic E-state index is 12.1. The van der Waals surface area contributed by atoms with Crippen LogP contribution < -0.4 is 11.1 Å². The minimum atomic E-state index is -0.613. The molecular weight excluding hydrogens is 324 g/mol. The molecule has 0 radical (unpaired) electrons. The summed E-state index contributed by atoms with van der Waals surface area (Å²) in [6, 6.07) is 6.49. The van der Waals surface area contributed by atoms with Crippen molar-refractivity contribution in [1.29, 1.82) is 0 Å². The van der Waals surface area contributed by atoms with Crippen molar-refractivity contribution in [2.75, 3.05) is 6.54 Å². The summed E-state index contributed by atoms with van der Waals surface area (Å²) in [6.07, 6.45) is 6.89. The van der Waals surface area contributed by atoms with Gasteiger partial charge in [0.05, 0.1) is 11.1 Å². The smallest absolute Gasteiger partial charge is 0.342 e. The van der Waals surface area contributed by atoms with Crippen molar-refractivity contribution in [2.45, 2.75) is 51.4 Å². The Labute approximate surface area is 147 Å². The van der Waals surface area contributed by atoms with Crippen LogP contribution in [0.25, 0.3) is 0 Å². The number of carbonyl (C=O) groups excluding carboxylic acids is 3. The topological polar surface area (TPSA) is 119 Å². The monoisotopic (exact) mass is 350 g/mol. The molecule has 25 heavy (non-hydrogen) atoms. The molecule has 138 valence electrons. The van der Waals surface area contributed by atoms with Crippen LogP contribution >= 0.6 is 0 Å². The fourth-order valence-electron chi connectivity index (χ4n) is 2.52. The number of amides is 2. The zero-order valence-corrected chi connectivity index (χ0v) is 14.3. The van der Waals surface area contributed by atoms with E-state index in [9.17, 15) is 14.4 Å². The van der Waals surface area contributed by atoms with Crippen molar-refractivity contribution in [3.63, 3.8) is 0 Å². The van der Waals surface area contributed by atoms with E-state index in [2.05, 4.69) is 10.2 Å². The third-order valence-corrected chi connectivity index (χ3v) is 3.88. The summed E-state index contributed by atoms with van der Waals surface area (Å²) < 4.78 is 0. The van der Waals surface area contributed by atoms with Gasteiger partial charge in [-0.2, -0.15) is 5.26 Å². The van der Waals surface area contributed by atoms with E-state index in [1.54, 1.807) is 18.2 Å². The number of benzene rings is 1. The molecule has 0 aliphatic heterocycles. The third-order valence-electron chi connectivity index (χ3n) is 3.88. The first-order chi connectivity index (χ1) is 12.1. The van der Waals surface area contributed by atoms with Gasteiger partial charge in [0.1, 0.15) is 0 Å². The van der Waals surface area contributed by atoms with Gasteiger partial charge in [-0.25, -0.2) is 4.79 Å². The minimum Gasteiger partial charge on any atom is -0.366 e. The number of rotatable bonds is 12. The molecule has 1 aromatic carbocycles. The molecule has 0 heterocycles. The Balaban J connectivity index is 2.09. The largest absolute Gasteiger partial charge is 0.366 e. The first kappa shape index (κ1) is 20.6. The van der Waals surface area contributed by atoms with Gasteiger partial charge in [-0.05, 0) is 25.0 Å². The molecule has 7 nitrogen and oxygen atoms in total. The predicted molar refractivity (Wildman–Crippen MR) is 92.9 cm³/mol. The van der Waals surface area contributed by atoms with Crippen molar-refractivity contribution >= 4 is 17.8 Å². The second kappa shape index (κ2) is 12.0. The van der Waals surface area contributed by atoms with Crippen molar-refractivity contribution < 1.29 is 24.5 Å². The van der Waals surface area contributed by atoms with Gasteiger partial charge in [0.15, 0.2) is 0 Å². The fourth-order valence-corrected chi connectivity index (χ4v) is 2.52. The van der Waals surface area contributed by atoms with Crippen LogP contribution in [0.5, 0.6) is 0 Å². The van der Waals surface area contributed by atoms with Crippen LogP contribution in [0.1, 0.15) is 72.1 Å². The average Bonchev–Trinajstić information content (AvgIpc) is 2.62. The minimum absolute atomic E-state index is 0.227. The lowest BCUT2D eigenvalue weighted by molar-refractivity contribution is -0.234. The summed E-state index contributed by atoms with van der Waals surface area (Å²) in [6.45, 7) is 0.550. The van der Waals surface area contributed by atoms with E-state index in [4.69, 9.17) is 11.0 Å². The first-order valence-electron chi connectivity index (χ1n) is 8.57. The maximum atomic E-state index is 12.1. The molecule has 0 aliphatic rings. The molecule has 4 N–H and O–H groups in total. The molecule has 0 aromatic heterocycles. The SMILES string of the molecule is NC(=O)c1ccccc1C(=O)NCCCCCCCCCC(=O)OO. The summed E-state index contributed by atoms with van der Waals surface area (Å²) in [5, 5.41) is 10.9. The van der Waals surface area contributed by atoms with E-state index in [0.717, 1.165) is 38.5 Å². The molecule has 7 heteroatoms. The zero-order chi connectivity index (χ0) is 18.5. The number of primary amides is 1. The standard InChI is InChI=1S/C18H26N2O5/c19-17(22)14-10-7-8-11-15(14)18(23)20-13-9-5-3-1-2-4-6-12-16(21)25-24/h7-8,10-11,24H,1-6,9,12-13H2,(H2,19,22)(H,20,23). The highest BCUT2D eigenvalue weighted by molar-refractivity contribution is 6.06. The molecule has 0 saturated carbocycles. The van der Waals surface area contributed by atoms with Gasteiger partial charge >= 0.3 is 5.97 Å². The van der Waals surface area contributed by atoms with Crippen LogP contribution in [0, 0.1) is 0 Å². The molecule has 0 aliphatic carbocycles. The van der Waals surface area contributed by atoms with Gasteiger partial charge in [-0.15, -0.1) is 0 Å². The van der Waals surface area contributed by atoms with Crippen LogP contribution in [0.15, 0.2) is 24.3 Å². The fraction of sp³-hybridized carbons (Fsp3) is 0.500. The molecular formula is C18H26N2O5. The lowest BCUT2D eigenvalue weighted by atomic mass is 10.1. The summed E-state index contributed by atoms with van der Waals surface area (Å²) in [5.41, 5.74) is 5.79. The lowest BCUT2D eigenvalue weighted by Gasteiger charge is -2.08. The number of nitrogens with one attached hydrogen (secondary N) is 1. The number of hydrogen-bond donors (Lipinski definition) is 3. The van der Waals surface area contributed by atoms with Crippen molar-refractivity contribution in [1.82, 2.24) is 5.32 Å². The molecule has 0 bridgehead atoms. The second-order valence-corrected chi connectivity index (χ2v) is 5.85. The number of unbranched alkanes of at least 4 members (excludes halogenated alkanes) is 6.